The fraction of sp³-hybridized carbons (Fsp3) is 0.143. The van der Waals surface area contributed by atoms with Gasteiger partial charge in [-0.05, 0) is 19.1 Å². The molecule has 1 rings (SSSR count). The van der Waals surface area contributed by atoms with E-state index in [1.807, 2.05) is 19.1 Å². The van der Waals surface area contributed by atoms with Crippen LogP contribution in [0.1, 0.15) is 9.75 Å². The first kappa shape index (κ1) is 8.73. The molecular weight excluding hydrogens is 174 g/mol. The molecule has 0 saturated heterocycles. The molecule has 0 aliphatic rings. The van der Waals surface area contributed by atoms with Gasteiger partial charge in [0.05, 0.1) is 6.21 Å². The van der Waals surface area contributed by atoms with Crippen molar-refractivity contribution in [2.24, 2.45) is 10.8 Å². The molecule has 0 bridgehead atoms. The lowest BCUT2D eigenvalue weighted by Gasteiger charge is -1.88. The van der Waals surface area contributed by atoms with Gasteiger partial charge in [0.2, 0.25) is 0 Å². The van der Waals surface area contributed by atoms with E-state index in [0.717, 1.165) is 4.88 Å². The molecular formula is C7H9N3OS. The highest BCUT2D eigenvalue weighted by molar-refractivity contribution is 7.13. The number of carbonyl (C=O) groups excluding carboxylic acids is 1. The number of thiophene rings is 1. The van der Waals surface area contributed by atoms with Crippen molar-refractivity contribution < 1.29 is 4.79 Å². The Kier molecular flexibility index (Phi) is 2.82. The minimum atomic E-state index is -0.653. The van der Waals surface area contributed by atoms with Crippen LogP contribution >= 0.6 is 11.3 Å². The topological polar surface area (TPSA) is 67.5 Å². The molecule has 1 heterocycles. The molecule has 4 nitrogen and oxygen atoms in total. The van der Waals surface area contributed by atoms with E-state index in [9.17, 15) is 4.79 Å². The Balaban J connectivity index is 2.52. The van der Waals surface area contributed by atoms with Crippen molar-refractivity contribution in [3.05, 3.63) is 21.9 Å². The van der Waals surface area contributed by atoms with Crippen molar-refractivity contribution in [3.8, 4) is 0 Å². The summed E-state index contributed by atoms with van der Waals surface area (Å²) in [5, 5.41) is 3.62. The predicted molar refractivity (Wildman–Crippen MR) is 49.4 cm³/mol. The molecule has 0 aliphatic heterocycles. The van der Waals surface area contributed by atoms with E-state index in [-0.39, 0.29) is 0 Å². The number of nitrogens with two attached hydrogens (primary N) is 1. The zero-order valence-electron chi connectivity index (χ0n) is 6.57. The van der Waals surface area contributed by atoms with Gasteiger partial charge in [-0.1, -0.05) is 0 Å². The Morgan fingerprint density at radius 2 is 2.50 bits per heavy atom. The number of hydrogen-bond acceptors (Lipinski definition) is 3. The van der Waals surface area contributed by atoms with Crippen molar-refractivity contribution in [3.63, 3.8) is 0 Å². The van der Waals surface area contributed by atoms with Gasteiger partial charge in [-0.3, -0.25) is 0 Å². The number of hydrazone groups is 1. The summed E-state index contributed by atoms with van der Waals surface area (Å²) in [7, 11) is 0. The molecule has 0 spiro atoms. The number of urea groups is 1. The summed E-state index contributed by atoms with van der Waals surface area (Å²) >= 11 is 1.60. The second kappa shape index (κ2) is 3.87. The molecule has 0 radical (unpaired) electrons. The van der Waals surface area contributed by atoms with Crippen LogP contribution in [0.2, 0.25) is 0 Å². The van der Waals surface area contributed by atoms with Crippen molar-refractivity contribution in [2.45, 2.75) is 6.92 Å². The van der Waals surface area contributed by atoms with Crippen LogP contribution in [0.4, 0.5) is 4.79 Å². The normalized spacial score (nSPS) is 10.4. The van der Waals surface area contributed by atoms with Gasteiger partial charge in [-0.25, -0.2) is 10.2 Å². The molecule has 0 fully saturated rings. The maximum absolute atomic E-state index is 10.2. The molecule has 0 saturated carbocycles. The monoisotopic (exact) mass is 183 g/mol. The first-order chi connectivity index (χ1) is 5.68. The Labute approximate surface area is 74.1 Å². The summed E-state index contributed by atoms with van der Waals surface area (Å²) in [5.74, 6) is 0. The minimum Gasteiger partial charge on any atom is -0.350 e. The third-order valence-corrected chi connectivity index (χ3v) is 2.06. The Morgan fingerprint density at radius 3 is 3.00 bits per heavy atom. The standard InChI is InChI=1S/C7H9N3OS/c1-5-2-3-6(12-5)4-9-10-7(8)11/h2-4H,1H3,(H3,8,10,11). The van der Waals surface area contributed by atoms with Gasteiger partial charge in [-0.15, -0.1) is 11.3 Å². The molecule has 0 aliphatic carbocycles. The lowest BCUT2D eigenvalue weighted by Crippen LogP contribution is -2.24. The Hall–Kier alpha value is -1.36. The van der Waals surface area contributed by atoms with Gasteiger partial charge in [0.15, 0.2) is 0 Å². The maximum atomic E-state index is 10.2. The van der Waals surface area contributed by atoms with Gasteiger partial charge < -0.3 is 5.73 Å². The molecule has 3 N–H and O–H groups in total. The van der Waals surface area contributed by atoms with Crippen LogP contribution in [0.3, 0.4) is 0 Å². The molecule has 0 atom stereocenters. The minimum absolute atomic E-state index is 0.653. The number of aryl methyl sites for hydroxylation is 1. The van der Waals surface area contributed by atoms with Crippen molar-refractivity contribution in [1.29, 1.82) is 0 Å². The third kappa shape index (κ3) is 2.71. The largest absolute Gasteiger partial charge is 0.350 e. The summed E-state index contributed by atoms with van der Waals surface area (Å²) in [6, 6.07) is 3.25. The van der Waals surface area contributed by atoms with Crippen LogP contribution in [0.25, 0.3) is 0 Å². The van der Waals surface area contributed by atoms with Crippen LogP contribution in [0.15, 0.2) is 17.2 Å². The molecule has 64 valence electrons. The number of nitrogens with zero attached hydrogens (tertiary/aromatic N) is 1. The molecule has 0 unspecified atom stereocenters. The SMILES string of the molecule is Cc1ccc(C=NNC(N)=O)s1. The van der Waals surface area contributed by atoms with E-state index in [1.165, 1.54) is 4.88 Å². The fourth-order valence-electron chi connectivity index (χ4n) is 0.682. The van der Waals surface area contributed by atoms with Gasteiger partial charge in [0.25, 0.3) is 0 Å². The molecule has 2 amide bonds. The van der Waals surface area contributed by atoms with E-state index in [1.54, 1.807) is 17.6 Å². The van der Waals surface area contributed by atoms with Crippen LogP contribution in [-0.4, -0.2) is 12.2 Å². The molecule has 5 heteroatoms. The quantitative estimate of drug-likeness (QED) is 0.522. The van der Waals surface area contributed by atoms with E-state index < -0.39 is 6.03 Å². The molecule has 1 aromatic heterocycles. The predicted octanol–water partition coefficient (Wildman–Crippen LogP) is 1.06. The first-order valence-corrected chi connectivity index (χ1v) is 4.15. The maximum Gasteiger partial charge on any atom is 0.332 e. The lowest BCUT2D eigenvalue weighted by atomic mass is 10.4. The third-order valence-electron chi connectivity index (χ3n) is 1.13. The van der Waals surface area contributed by atoms with Crippen LogP contribution < -0.4 is 11.2 Å². The highest BCUT2D eigenvalue weighted by atomic mass is 32.1. The number of amides is 2. The first-order valence-electron chi connectivity index (χ1n) is 3.33. The van der Waals surface area contributed by atoms with Gasteiger partial charge in [-0.2, -0.15) is 5.10 Å². The highest BCUT2D eigenvalue weighted by Crippen LogP contribution is 2.11. The zero-order chi connectivity index (χ0) is 8.97. The Bertz CT molecular complexity index is 305. The van der Waals surface area contributed by atoms with E-state index in [2.05, 4.69) is 10.5 Å². The second-order valence-electron chi connectivity index (χ2n) is 2.18. The summed E-state index contributed by atoms with van der Waals surface area (Å²) in [5.41, 5.74) is 6.92. The van der Waals surface area contributed by atoms with Crippen LogP contribution in [0, 0.1) is 6.92 Å². The second-order valence-corrected chi connectivity index (χ2v) is 3.50. The average molecular weight is 183 g/mol. The van der Waals surface area contributed by atoms with Gasteiger partial charge in [0.1, 0.15) is 0 Å². The smallest absolute Gasteiger partial charge is 0.332 e. The van der Waals surface area contributed by atoms with E-state index >= 15 is 0 Å². The number of primary amides is 1. The van der Waals surface area contributed by atoms with Crippen LogP contribution in [-0.2, 0) is 0 Å². The molecule has 0 aromatic carbocycles. The molecule has 12 heavy (non-hydrogen) atoms. The highest BCUT2D eigenvalue weighted by Gasteiger charge is 1.91. The zero-order valence-corrected chi connectivity index (χ0v) is 7.39. The molecule has 1 aromatic rings. The fourth-order valence-corrected chi connectivity index (χ4v) is 1.43. The van der Waals surface area contributed by atoms with E-state index in [4.69, 9.17) is 5.73 Å². The van der Waals surface area contributed by atoms with Crippen molar-refractivity contribution in [2.75, 3.05) is 0 Å². The number of nitrogens with one attached hydrogen (secondary N) is 1. The number of rotatable bonds is 2. The Morgan fingerprint density at radius 1 is 1.75 bits per heavy atom. The summed E-state index contributed by atoms with van der Waals surface area (Å²) in [6.45, 7) is 2.00. The average Bonchev–Trinajstić information content (AvgIpc) is 2.35. The van der Waals surface area contributed by atoms with Crippen molar-refractivity contribution in [1.82, 2.24) is 5.43 Å². The summed E-state index contributed by atoms with van der Waals surface area (Å²) < 4.78 is 0. The van der Waals surface area contributed by atoms with Crippen molar-refractivity contribution >= 4 is 23.6 Å². The van der Waals surface area contributed by atoms with Gasteiger partial charge >= 0.3 is 6.03 Å². The van der Waals surface area contributed by atoms with Gasteiger partial charge in [0, 0.05) is 9.75 Å². The summed E-state index contributed by atoms with van der Waals surface area (Å²) in [4.78, 5) is 12.4. The van der Waals surface area contributed by atoms with Crippen LogP contribution in [0.5, 0.6) is 0 Å². The number of carbonyl (C=O) groups is 1. The lowest BCUT2D eigenvalue weighted by molar-refractivity contribution is 0.249. The summed E-state index contributed by atoms with van der Waals surface area (Å²) in [6.07, 6.45) is 1.56. The number of hydrogen-bond donors (Lipinski definition) is 2. The van der Waals surface area contributed by atoms with E-state index in [0.29, 0.717) is 0 Å².